The minimum atomic E-state index is 0.229. The van der Waals surface area contributed by atoms with Crippen LogP contribution in [-0.2, 0) is 4.79 Å². The molecule has 0 aliphatic carbocycles. The fourth-order valence-electron chi connectivity index (χ4n) is 2.43. The van der Waals surface area contributed by atoms with Crippen LogP contribution in [-0.4, -0.2) is 35.5 Å². The van der Waals surface area contributed by atoms with Crippen LogP contribution in [0.3, 0.4) is 0 Å². The van der Waals surface area contributed by atoms with Crippen molar-refractivity contribution in [3.63, 3.8) is 0 Å². The van der Waals surface area contributed by atoms with Crippen molar-refractivity contribution in [1.82, 2.24) is 9.88 Å². The summed E-state index contributed by atoms with van der Waals surface area (Å²) < 4.78 is 6.81. The van der Waals surface area contributed by atoms with E-state index in [-0.39, 0.29) is 5.91 Å². The van der Waals surface area contributed by atoms with Gasteiger partial charge in [-0.25, -0.2) is 0 Å². The van der Waals surface area contributed by atoms with Gasteiger partial charge in [-0.05, 0) is 24.6 Å². The Morgan fingerprint density at radius 1 is 1.35 bits per heavy atom. The minimum Gasteiger partial charge on any atom is -0.489 e. The number of fused-ring (bicyclic) bond motifs is 1. The van der Waals surface area contributed by atoms with Crippen molar-refractivity contribution in [3.8, 4) is 5.75 Å². The van der Waals surface area contributed by atoms with E-state index >= 15 is 0 Å². The van der Waals surface area contributed by atoms with Crippen molar-refractivity contribution in [2.24, 2.45) is 0 Å². The zero-order chi connectivity index (χ0) is 13.9. The van der Waals surface area contributed by atoms with Gasteiger partial charge in [0, 0.05) is 29.0 Å². The van der Waals surface area contributed by atoms with Gasteiger partial charge in [-0.1, -0.05) is 22.0 Å². The lowest BCUT2D eigenvalue weighted by molar-refractivity contribution is -0.128. The molecule has 0 unspecified atom stereocenters. The number of nitrogens with zero attached hydrogens (tertiary/aromatic N) is 2. The van der Waals surface area contributed by atoms with E-state index in [9.17, 15) is 4.79 Å². The quantitative estimate of drug-likeness (QED) is 0.863. The van der Waals surface area contributed by atoms with E-state index in [1.165, 1.54) is 0 Å². The molecule has 0 atom stereocenters. The van der Waals surface area contributed by atoms with Crippen molar-refractivity contribution in [2.45, 2.75) is 12.8 Å². The van der Waals surface area contributed by atoms with Crippen LogP contribution in [0.4, 0.5) is 0 Å². The van der Waals surface area contributed by atoms with Crippen molar-refractivity contribution in [3.05, 3.63) is 34.9 Å². The zero-order valence-electron chi connectivity index (χ0n) is 11.0. The maximum absolute atomic E-state index is 11.5. The Labute approximate surface area is 125 Å². The second kappa shape index (κ2) is 5.79. The number of benzene rings is 1. The summed E-state index contributed by atoms with van der Waals surface area (Å²) in [5.41, 5.74) is 0.842. The molecule has 3 rings (SSSR count). The van der Waals surface area contributed by atoms with Crippen molar-refractivity contribution in [1.29, 1.82) is 0 Å². The Bertz CT molecular complexity index is 645. The van der Waals surface area contributed by atoms with Crippen LogP contribution in [0.25, 0.3) is 10.9 Å². The third-order valence-electron chi connectivity index (χ3n) is 3.47. The van der Waals surface area contributed by atoms with E-state index in [0.29, 0.717) is 19.6 Å². The average molecular weight is 335 g/mol. The van der Waals surface area contributed by atoms with Crippen LogP contribution in [0.5, 0.6) is 5.75 Å². The number of carbonyl (C=O) groups is 1. The Kier molecular flexibility index (Phi) is 3.87. The number of rotatable bonds is 4. The summed E-state index contributed by atoms with van der Waals surface area (Å²) in [6.07, 6.45) is 3.38. The monoisotopic (exact) mass is 334 g/mol. The molecule has 1 aliphatic rings. The van der Waals surface area contributed by atoms with Gasteiger partial charge in [0.15, 0.2) is 0 Å². The lowest BCUT2D eigenvalue weighted by atomic mass is 10.2. The molecule has 1 aromatic carbocycles. The Morgan fingerprint density at radius 2 is 2.25 bits per heavy atom. The fourth-order valence-corrected chi connectivity index (χ4v) is 2.89. The first-order valence-electron chi connectivity index (χ1n) is 6.69. The SMILES string of the molecule is O=C1CCCN1CCOc1ccc(Br)c2cccnc12. The van der Waals surface area contributed by atoms with Crippen molar-refractivity contribution < 1.29 is 9.53 Å². The van der Waals surface area contributed by atoms with Crippen molar-refractivity contribution in [2.75, 3.05) is 19.7 Å². The second-order valence-corrected chi connectivity index (χ2v) is 5.63. The first kappa shape index (κ1) is 13.4. The standard InChI is InChI=1S/C15H15BrN2O2/c16-12-5-6-13(15-11(12)3-1-7-17-15)20-10-9-18-8-2-4-14(18)19/h1,3,5-7H,2,4,8-10H2. The largest absolute Gasteiger partial charge is 0.489 e. The van der Waals surface area contributed by atoms with Gasteiger partial charge < -0.3 is 9.64 Å². The van der Waals surface area contributed by atoms with E-state index in [2.05, 4.69) is 20.9 Å². The first-order chi connectivity index (χ1) is 9.75. The van der Waals surface area contributed by atoms with Gasteiger partial charge in [-0.15, -0.1) is 0 Å². The highest BCUT2D eigenvalue weighted by atomic mass is 79.9. The van der Waals surface area contributed by atoms with Crippen LogP contribution >= 0.6 is 15.9 Å². The van der Waals surface area contributed by atoms with Crippen LogP contribution in [0.15, 0.2) is 34.9 Å². The fraction of sp³-hybridized carbons (Fsp3) is 0.333. The third-order valence-corrected chi connectivity index (χ3v) is 4.16. The van der Waals surface area contributed by atoms with E-state index in [4.69, 9.17) is 4.74 Å². The summed E-state index contributed by atoms with van der Waals surface area (Å²) >= 11 is 3.51. The highest BCUT2D eigenvalue weighted by Gasteiger charge is 2.19. The molecule has 104 valence electrons. The summed E-state index contributed by atoms with van der Waals surface area (Å²) in [5, 5.41) is 1.03. The Hall–Kier alpha value is -1.62. The number of hydrogen-bond acceptors (Lipinski definition) is 3. The zero-order valence-corrected chi connectivity index (χ0v) is 12.6. The highest BCUT2D eigenvalue weighted by molar-refractivity contribution is 9.10. The van der Waals surface area contributed by atoms with Crippen molar-refractivity contribution >= 4 is 32.7 Å². The predicted molar refractivity (Wildman–Crippen MR) is 80.8 cm³/mol. The molecule has 1 fully saturated rings. The normalized spacial score (nSPS) is 15.1. The summed E-state index contributed by atoms with van der Waals surface area (Å²) in [7, 11) is 0. The lowest BCUT2D eigenvalue weighted by Gasteiger charge is -2.16. The molecule has 1 aromatic heterocycles. The molecule has 20 heavy (non-hydrogen) atoms. The summed E-state index contributed by atoms with van der Waals surface area (Å²) in [6, 6.07) is 7.77. The topological polar surface area (TPSA) is 42.4 Å². The van der Waals surface area contributed by atoms with Gasteiger partial charge in [0.2, 0.25) is 5.91 Å². The molecule has 0 N–H and O–H groups in total. The van der Waals surface area contributed by atoms with E-state index < -0.39 is 0 Å². The maximum atomic E-state index is 11.5. The molecule has 0 radical (unpaired) electrons. The number of likely N-dealkylation sites (tertiary alicyclic amines) is 1. The van der Waals surface area contributed by atoms with Gasteiger partial charge in [0.05, 0.1) is 6.54 Å². The predicted octanol–water partition coefficient (Wildman–Crippen LogP) is 3.00. The Morgan fingerprint density at radius 3 is 3.05 bits per heavy atom. The molecule has 1 amide bonds. The molecule has 5 heteroatoms. The minimum absolute atomic E-state index is 0.229. The molecule has 1 saturated heterocycles. The molecule has 2 aromatic rings. The Balaban J connectivity index is 1.71. The smallest absolute Gasteiger partial charge is 0.222 e. The van der Waals surface area contributed by atoms with Gasteiger partial charge in [-0.2, -0.15) is 0 Å². The summed E-state index contributed by atoms with van der Waals surface area (Å²) in [5.74, 6) is 0.989. The molecular weight excluding hydrogens is 320 g/mol. The molecule has 4 nitrogen and oxygen atoms in total. The third kappa shape index (κ3) is 2.63. The lowest BCUT2D eigenvalue weighted by Crippen LogP contribution is -2.29. The molecule has 2 heterocycles. The van der Waals surface area contributed by atoms with Gasteiger partial charge >= 0.3 is 0 Å². The van der Waals surface area contributed by atoms with Gasteiger partial charge in [0.25, 0.3) is 0 Å². The summed E-state index contributed by atoms with van der Waals surface area (Å²) in [6.45, 7) is 1.99. The van der Waals surface area contributed by atoms with Gasteiger partial charge in [0.1, 0.15) is 17.9 Å². The highest BCUT2D eigenvalue weighted by Crippen LogP contribution is 2.29. The van der Waals surface area contributed by atoms with E-state index in [1.807, 2.05) is 29.2 Å². The second-order valence-electron chi connectivity index (χ2n) is 4.78. The number of aromatic nitrogens is 1. The molecular formula is C15H15BrN2O2. The number of pyridine rings is 1. The van der Waals surface area contributed by atoms with E-state index in [0.717, 1.165) is 34.1 Å². The van der Waals surface area contributed by atoms with Gasteiger partial charge in [-0.3, -0.25) is 9.78 Å². The number of ether oxygens (including phenoxy) is 1. The van der Waals surface area contributed by atoms with Crippen LogP contribution < -0.4 is 4.74 Å². The van der Waals surface area contributed by atoms with Crippen LogP contribution in [0.1, 0.15) is 12.8 Å². The molecule has 1 aliphatic heterocycles. The number of hydrogen-bond donors (Lipinski definition) is 0. The van der Waals surface area contributed by atoms with E-state index in [1.54, 1.807) is 6.20 Å². The number of carbonyl (C=O) groups excluding carboxylic acids is 1. The summed E-state index contributed by atoms with van der Waals surface area (Å²) in [4.78, 5) is 17.8. The average Bonchev–Trinajstić information content (AvgIpc) is 2.87. The molecule has 0 spiro atoms. The number of halogens is 1. The first-order valence-corrected chi connectivity index (χ1v) is 7.49. The maximum Gasteiger partial charge on any atom is 0.222 e. The molecule has 0 saturated carbocycles. The molecule has 0 bridgehead atoms. The van der Waals surface area contributed by atoms with Crippen LogP contribution in [0, 0.1) is 0 Å². The number of amides is 1. The van der Waals surface area contributed by atoms with Crippen LogP contribution in [0.2, 0.25) is 0 Å².